The summed E-state index contributed by atoms with van der Waals surface area (Å²) >= 11 is 6.28. The van der Waals surface area contributed by atoms with Crippen LogP contribution in [0.3, 0.4) is 0 Å². The highest BCUT2D eigenvalue weighted by molar-refractivity contribution is 6.34. The summed E-state index contributed by atoms with van der Waals surface area (Å²) in [5.74, 6) is -2.05. The topological polar surface area (TPSA) is 72.0 Å². The van der Waals surface area contributed by atoms with Crippen molar-refractivity contribution in [2.45, 2.75) is 0 Å². The third kappa shape index (κ3) is 2.84. The summed E-state index contributed by atoms with van der Waals surface area (Å²) in [7, 11) is 0. The number of nitrogens with zero attached hydrogens (tertiary/aromatic N) is 2. The van der Waals surface area contributed by atoms with Crippen molar-refractivity contribution < 1.29 is 13.9 Å². The first-order chi connectivity index (χ1) is 13.0. The number of fused-ring (bicyclic) bond motifs is 1. The summed E-state index contributed by atoms with van der Waals surface area (Å²) in [6.07, 6.45) is 1.21. The van der Waals surface area contributed by atoms with Crippen molar-refractivity contribution in [3.05, 3.63) is 71.5 Å². The van der Waals surface area contributed by atoms with Gasteiger partial charge < -0.3 is 10.8 Å². The van der Waals surface area contributed by atoms with Crippen LogP contribution in [0.25, 0.3) is 33.3 Å². The number of phenols is 1. The molecule has 3 aromatic carbocycles. The van der Waals surface area contributed by atoms with E-state index in [-0.39, 0.29) is 21.7 Å². The highest BCUT2D eigenvalue weighted by Gasteiger charge is 2.22. The molecule has 1 heterocycles. The molecule has 0 aliphatic heterocycles. The number of rotatable bonds is 2. The van der Waals surface area contributed by atoms with E-state index in [1.807, 2.05) is 0 Å². The van der Waals surface area contributed by atoms with Gasteiger partial charge in [0.25, 0.3) is 0 Å². The maximum Gasteiger partial charge on any atom is 0.159 e. The monoisotopic (exact) mass is 383 g/mol. The van der Waals surface area contributed by atoms with Gasteiger partial charge in [-0.25, -0.2) is 18.7 Å². The van der Waals surface area contributed by atoms with Crippen molar-refractivity contribution in [2.75, 3.05) is 5.73 Å². The molecule has 0 spiro atoms. The SMILES string of the molecule is Nc1cccc(-c2ncnc3c(F)c(-c4c(O)cccc4F)c(Cl)cc23)c1. The number of hydrogen-bond acceptors (Lipinski definition) is 4. The van der Waals surface area contributed by atoms with Crippen LogP contribution in [-0.2, 0) is 0 Å². The standard InChI is InChI=1S/C20H12ClF2N3O/c21-13-8-12-19(10-3-1-4-11(24)7-10)25-9-26-20(12)18(23)16(13)17-14(22)5-2-6-15(17)27/h1-9,27H,24H2. The van der Waals surface area contributed by atoms with Gasteiger partial charge in [0.15, 0.2) is 5.82 Å². The summed E-state index contributed by atoms with van der Waals surface area (Å²) in [5, 5.41) is 10.3. The molecule has 27 heavy (non-hydrogen) atoms. The molecule has 0 atom stereocenters. The van der Waals surface area contributed by atoms with Crippen molar-refractivity contribution >= 4 is 28.2 Å². The molecule has 4 aromatic rings. The molecule has 7 heteroatoms. The van der Waals surface area contributed by atoms with Crippen molar-refractivity contribution in [1.29, 1.82) is 0 Å². The Labute approximate surface area is 157 Å². The quantitative estimate of drug-likeness (QED) is 0.468. The molecule has 0 saturated heterocycles. The molecule has 0 aliphatic rings. The molecule has 0 amide bonds. The van der Waals surface area contributed by atoms with Gasteiger partial charge >= 0.3 is 0 Å². The molecule has 0 aliphatic carbocycles. The van der Waals surface area contributed by atoms with E-state index in [9.17, 15) is 9.50 Å². The van der Waals surface area contributed by atoms with E-state index in [0.29, 0.717) is 22.3 Å². The lowest BCUT2D eigenvalue weighted by Gasteiger charge is -2.13. The third-order valence-electron chi connectivity index (χ3n) is 4.22. The largest absolute Gasteiger partial charge is 0.507 e. The predicted octanol–water partition coefficient (Wildman–Crippen LogP) is 5.18. The Morgan fingerprint density at radius 1 is 0.963 bits per heavy atom. The van der Waals surface area contributed by atoms with Gasteiger partial charge in [0.2, 0.25) is 0 Å². The van der Waals surface area contributed by atoms with Crippen molar-refractivity contribution in [1.82, 2.24) is 9.97 Å². The van der Waals surface area contributed by atoms with Gasteiger partial charge in [0.05, 0.1) is 16.3 Å². The summed E-state index contributed by atoms with van der Waals surface area (Å²) in [5.41, 5.74) is 6.85. The van der Waals surface area contributed by atoms with E-state index in [4.69, 9.17) is 17.3 Å². The highest BCUT2D eigenvalue weighted by Crippen LogP contribution is 2.42. The molecule has 0 radical (unpaired) electrons. The third-order valence-corrected chi connectivity index (χ3v) is 4.52. The number of anilines is 1. The van der Waals surface area contributed by atoms with Crippen molar-refractivity contribution in [3.8, 4) is 28.1 Å². The molecule has 0 unspecified atom stereocenters. The lowest BCUT2D eigenvalue weighted by Crippen LogP contribution is -1.97. The number of nitrogens with two attached hydrogens (primary N) is 1. The number of aromatic nitrogens is 2. The summed E-state index contributed by atoms with van der Waals surface area (Å²) < 4.78 is 29.5. The zero-order chi connectivity index (χ0) is 19.1. The van der Waals surface area contributed by atoms with Crippen LogP contribution in [0.5, 0.6) is 5.75 Å². The Kier molecular flexibility index (Phi) is 4.12. The molecule has 3 N–H and O–H groups in total. The minimum Gasteiger partial charge on any atom is -0.507 e. The maximum atomic E-state index is 15.3. The Hall–Kier alpha value is -3.25. The molecular weight excluding hydrogens is 372 g/mol. The zero-order valence-corrected chi connectivity index (χ0v) is 14.5. The van der Waals surface area contributed by atoms with Gasteiger partial charge in [-0.2, -0.15) is 0 Å². The molecule has 0 saturated carbocycles. The van der Waals surface area contributed by atoms with E-state index >= 15 is 4.39 Å². The van der Waals surface area contributed by atoms with E-state index < -0.39 is 17.4 Å². The van der Waals surface area contributed by atoms with Gasteiger partial charge in [-0.1, -0.05) is 29.8 Å². The van der Waals surface area contributed by atoms with Crippen LogP contribution in [-0.4, -0.2) is 15.1 Å². The number of benzene rings is 3. The first-order valence-corrected chi connectivity index (χ1v) is 8.31. The average molecular weight is 384 g/mol. The number of aromatic hydroxyl groups is 1. The Morgan fingerprint density at radius 3 is 2.48 bits per heavy atom. The van der Waals surface area contributed by atoms with Crippen LogP contribution in [0.2, 0.25) is 5.02 Å². The minimum atomic E-state index is -0.842. The molecule has 0 fully saturated rings. The second-order valence-corrected chi connectivity index (χ2v) is 6.33. The molecule has 4 nitrogen and oxygen atoms in total. The van der Waals surface area contributed by atoms with Gasteiger partial charge in [-0.3, -0.25) is 0 Å². The number of phenolic OH excluding ortho intramolecular Hbond substituents is 1. The minimum absolute atomic E-state index is 0.0375. The van der Waals surface area contributed by atoms with E-state index in [0.717, 1.165) is 6.07 Å². The smallest absolute Gasteiger partial charge is 0.159 e. The number of hydrogen-bond donors (Lipinski definition) is 2. The predicted molar refractivity (Wildman–Crippen MR) is 101 cm³/mol. The van der Waals surface area contributed by atoms with Gasteiger partial charge in [0, 0.05) is 22.2 Å². The van der Waals surface area contributed by atoms with Crippen LogP contribution >= 0.6 is 11.6 Å². The normalized spacial score (nSPS) is 11.1. The fraction of sp³-hybridized carbons (Fsp3) is 0. The van der Waals surface area contributed by atoms with Crippen LogP contribution in [0.4, 0.5) is 14.5 Å². The van der Waals surface area contributed by atoms with Gasteiger partial charge in [-0.05, 0) is 30.3 Å². The van der Waals surface area contributed by atoms with Crippen LogP contribution in [0.1, 0.15) is 0 Å². The Bertz CT molecular complexity index is 1180. The van der Waals surface area contributed by atoms with Crippen LogP contribution in [0.15, 0.2) is 54.9 Å². The first kappa shape index (κ1) is 17.2. The van der Waals surface area contributed by atoms with E-state index in [2.05, 4.69) is 9.97 Å². The fourth-order valence-corrected chi connectivity index (χ4v) is 3.32. The second kappa shape index (κ2) is 6.48. The first-order valence-electron chi connectivity index (χ1n) is 7.94. The van der Waals surface area contributed by atoms with Crippen LogP contribution in [0, 0.1) is 11.6 Å². The zero-order valence-electron chi connectivity index (χ0n) is 13.7. The van der Waals surface area contributed by atoms with Gasteiger partial charge in [-0.15, -0.1) is 0 Å². The highest BCUT2D eigenvalue weighted by atomic mass is 35.5. The van der Waals surface area contributed by atoms with E-state index in [1.165, 1.54) is 24.5 Å². The number of nitrogen functional groups attached to an aromatic ring is 1. The molecule has 4 rings (SSSR count). The Balaban J connectivity index is 2.05. The summed E-state index contributed by atoms with van der Waals surface area (Å²) in [6, 6.07) is 12.1. The van der Waals surface area contributed by atoms with Crippen LogP contribution < -0.4 is 5.73 Å². The second-order valence-electron chi connectivity index (χ2n) is 5.93. The maximum absolute atomic E-state index is 15.3. The van der Waals surface area contributed by atoms with Crippen molar-refractivity contribution in [2.24, 2.45) is 0 Å². The summed E-state index contributed by atoms with van der Waals surface area (Å²) in [6.45, 7) is 0. The average Bonchev–Trinajstić information content (AvgIpc) is 2.63. The molecule has 1 aromatic heterocycles. The van der Waals surface area contributed by atoms with Crippen molar-refractivity contribution in [3.63, 3.8) is 0 Å². The summed E-state index contributed by atoms with van der Waals surface area (Å²) in [4.78, 5) is 8.22. The molecule has 134 valence electrons. The molecule has 0 bridgehead atoms. The van der Waals surface area contributed by atoms with E-state index in [1.54, 1.807) is 24.3 Å². The lowest BCUT2D eigenvalue weighted by atomic mass is 9.99. The molecular formula is C20H12ClF2N3O. The Morgan fingerprint density at radius 2 is 1.74 bits per heavy atom. The fourth-order valence-electron chi connectivity index (χ4n) is 3.03. The van der Waals surface area contributed by atoms with Gasteiger partial charge in [0.1, 0.15) is 23.4 Å². The lowest BCUT2D eigenvalue weighted by molar-refractivity contribution is 0.471. The number of halogens is 3.